The van der Waals surface area contributed by atoms with Gasteiger partial charge in [-0.3, -0.25) is 0 Å². The van der Waals surface area contributed by atoms with Crippen LogP contribution in [-0.4, -0.2) is 24.7 Å². The predicted octanol–water partition coefficient (Wildman–Crippen LogP) is 6.15. The molecule has 0 aromatic carbocycles. The Balaban J connectivity index is 2.96. The van der Waals surface area contributed by atoms with Gasteiger partial charge in [-0.25, -0.2) is 0 Å². The lowest BCUT2D eigenvalue weighted by Crippen LogP contribution is -2.02. The summed E-state index contributed by atoms with van der Waals surface area (Å²) in [5.41, 5.74) is 0. The molecule has 0 aliphatic rings. The monoisotopic (exact) mass is 349 g/mol. The van der Waals surface area contributed by atoms with E-state index in [4.69, 9.17) is 9.63 Å². The van der Waals surface area contributed by atoms with Crippen molar-refractivity contribution in [2.45, 2.75) is 96.8 Å². The number of hydrogen-bond acceptors (Lipinski definition) is 3. The van der Waals surface area contributed by atoms with Gasteiger partial charge in [0.05, 0.1) is 6.61 Å². The maximum absolute atomic E-state index is 10.2. The minimum absolute atomic E-state index is 0.199. The van der Waals surface area contributed by atoms with E-state index in [1.54, 1.807) is 0 Å². The van der Waals surface area contributed by atoms with Crippen LogP contribution in [0.25, 0.3) is 0 Å². The van der Waals surface area contributed by atoms with Gasteiger partial charge in [-0.2, -0.15) is 0 Å². The second-order valence-electron chi connectivity index (χ2n) is 6.28. The molecule has 0 radical (unpaired) electrons. The molecule has 0 aliphatic heterocycles. The lowest BCUT2D eigenvalue weighted by molar-refractivity contribution is 0.0955. The third-order valence-electron chi connectivity index (χ3n) is 4.07. The summed E-state index contributed by atoms with van der Waals surface area (Å²) in [6, 6.07) is 0. The SMILES string of the molecule is CCCCCCCCCCCCCCCCOCCO[P+](=O)O. The zero-order valence-electron chi connectivity index (χ0n) is 15.1. The smallest absolute Gasteiger partial charge is 0.379 e. The quantitative estimate of drug-likeness (QED) is 0.224. The standard InChI is InChI=1S/C18H37O4P/c1-2-3-4-5-6-7-8-9-10-11-12-13-14-15-16-21-17-18-22-23(19)20/h2-18H2,1H3/p+1. The first-order valence-corrected chi connectivity index (χ1v) is 10.8. The molecule has 0 aromatic heterocycles. The van der Waals surface area contributed by atoms with Crippen LogP contribution in [0.1, 0.15) is 96.8 Å². The summed E-state index contributed by atoms with van der Waals surface area (Å²) in [5, 5.41) is 0. The minimum atomic E-state index is -2.47. The molecule has 138 valence electrons. The number of ether oxygens (including phenoxy) is 1. The van der Waals surface area contributed by atoms with Crippen LogP contribution in [0.15, 0.2) is 0 Å². The largest absolute Gasteiger partial charge is 0.694 e. The van der Waals surface area contributed by atoms with E-state index in [0.717, 1.165) is 13.0 Å². The highest BCUT2D eigenvalue weighted by Crippen LogP contribution is 2.14. The van der Waals surface area contributed by atoms with Crippen molar-refractivity contribution < 1.29 is 18.7 Å². The number of rotatable bonds is 19. The Hall–Kier alpha value is -0.0200. The number of hydrogen-bond donors (Lipinski definition) is 1. The first-order chi connectivity index (χ1) is 11.3. The van der Waals surface area contributed by atoms with Gasteiger partial charge < -0.3 is 4.74 Å². The molecule has 5 heteroatoms. The molecule has 0 spiro atoms. The first-order valence-electron chi connectivity index (χ1n) is 9.64. The van der Waals surface area contributed by atoms with Crippen LogP contribution in [0, 0.1) is 0 Å². The molecule has 4 nitrogen and oxygen atoms in total. The zero-order valence-corrected chi connectivity index (χ0v) is 16.0. The molecule has 0 aliphatic carbocycles. The molecule has 0 fully saturated rings. The normalized spacial score (nSPS) is 11.8. The van der Waals surface area contributed by atoms with Crippen LogP contribution in [0.4, 0.5) is 0 Å². The van der Waals surface area contributed by atoms with Crippen molar-refractivity contribution in [2.75, 3.05) is 19.8 Å². The average Bonchev–Trinajstić information content (AvgIpc) is 2.53. The fraction of sp³-hybridized carbons (Fsp3) is 1.00. The van der Waals surface area contributed by atoms with Crippen molar-refractivity contribution in [3.05, 3.63) is 0 Å². The summed E-state index contributed by atoms with van der Waals surface area (Å²) < 4.78 is 20.1. The number of unbranched alkanes of at least 4 members (excludes halogenated alkanes) is 13. The molecule has 23 heavy (non-hydrogen) atoms. The molecular weight excluding hydrogens is 311 g/mol. The van der Waals surface area contributed by atoms with Crippen LogP contribution >= 0.6 is 8.25 Å². The van der Waals surface area contributed by atoms with Crippen molar-refractivity contribution in [2.24, 2.45) is 0 Å². The van der Waals surface area contributed by atoms with Gasteiger partial charge in [0.15, 0.2) is 0 Å². The highest BCUT2D eigenvalue weighted by molar-refractivity contribution is 7.32. The molecule has 0 saturated heterocycles. The van der Waals surface area contributed by atoms with Gasteiger partial charge in [-0.15, -0.1) is 9.42 Å². The Morgan fingerprint density at radius 1 is 0.652 bits per heavy atom. The zero-order chi connectivity index (χ0) is 17.0. The lowest BCUT2D eigenvalue weighted by Gasteiger charge is -2.04. The van der Waals surface area contributed by atoms with Crippen molar-refractivity contribution >= 4 is 8.25 Å². The third kappa shape index (κ3) is 22.0. The summed E-state index contributed by atoms with van der Waals surface area (Å²) in [5.74, 6) is 0. The van der Waals surface area contributed by atoms with Crippen LogP contribution in [-0.2, 0) is 13.8 Å². The van der Waals surface area contributed by atoms with E-state index in [-0.39, 0.29) is 6.61 Å². The van der Waals surface area contributed by atoms with Gasteiger partial charge in [0.2, 0.25) is 0 Å². The fourth-order valence-corrected chi connectivity index (χ4v) is 2.91. The van der Waals surface area contributed by atoms with Gasteiger partial charge in [-0.05, 0) is 6.42 Å². The molecule has 1 unspecified atom stereocenters. The molecular formula is C18H38O4P+. The summed E-state index contributed by atoms with van der Waals surface area (Å²) in [7, 11) is -2.47. The van der Waals surface area contributed by atoms with E-state index in [1.165, 1.54) is 83.5 Å². The van der Waals surface area contributed by atoms with Crippen molar-refractivity contribution in [1.82, 2.24) is 0 Å². The van der Waals surface area contributed by atoms with Crippen LogP contribution in [0.5, 0.6) is 0 Å². The Bertz CT molecular complexity index is 249. The Labute approximate surface area is 144 Å². The minimum Gasteiger partial charge on any atom is -0.379 e. The van der Waals surface area contributed by atoms with E-state index in [9.17, 15) is 4.57 Å². The Morgan fingerprint density at radius 3 is 1.52 bits per heavy atom. The van der Waals surface area contributed by atoms with Gasteiger partial charge in [0.1, 0.15) is 6.61 Å². The van der Waals surface area contributed by atoms with Crippen molar-refractivity contribution in [3.8, 4) is 0 Å². The maximum Gasteiger partial charge on any atom is 0.694 e. The van der Waals surface area contributed by atoms with Crippen LogP contribution in [0.2, 0.25) is 0 Å². The lowest BCUT2D eigenvalue weighted by atomic mass is 10.0. The molecule has 1 atom stereocenters. The second-order valence-corrected chi connectivity index (χ2v) is 7.01. The van der Waals surface area contributed by atoms with Crippen LogP contribution in [0.3, 0.4) is 0 Å². The molecule has 0 saturated carbocycles. The van der Waals surface area contributed by atoms with Crippen molar-refractivity contribution in [1.29, 1.82) is 0 Å². The van der Waals surface area contributed by atoms with Gasteiger partial charge in [0, 0.05) is 11.2 Å². The summed E-state index contributed by atoms with van der Waals surface area (Å²) >= 11 is 0. The molecule has 0 bridgehead atoms. The Morgan fingerprint density at radius 2 is 1.09 bits per heavy atom. The summed E-state index contributed by atoms with van der Waals surface area (Å²) in [4.78, 5) is 8.42. The highest BCUT2D eigenvalue weighted by atomic mass is 31.1. The summed E-state index contributed by atoms with van der Waals surface area (Å²) in [6.07, 6.45) is 19.0. The topological polar surface area (TPSA) is 55.8 Å². The van der Waals surface area contributed by atoms with Crippen molar-refractivity contribution in [3.63, 3.8) is 0 Å². The van der Waals surface area contributed by atoms with Gasteiger partial charge in [-0.1, -0.05) is 90.4 Å². The maximum atomic E-state index is 10.2. The Kier molecular flexibility index (Phi) is 20.0. The second kappa shape index (κ2) is 20.0. The molecule has 0 rings (SSSR count). The molecule has 0 heterocycles. The van der Waals surface area contributed by atoms with E-state index >= 15 is 0 Å². The fourth-order valence-electron chi connectivity index (χ4n) is 2.68. The average molecular weight is 349 g/mol. The molecule has 0 amide bonds. The predicted molar refractivity (Wildman–Crippen MR) is 96.9 cm³/mol. The first kappa shape index (κ1) is 23.0. The summed E-state index contributed by atoms with van der Waals surface area (Å²) in [6.45, 7) is 3.60. The highest BCUT2D eigenvalue weighted by Gasteiger charge is 2.10. The van der Waals surface area contributed by atoms with Crippen LogP contribution < -0.4 is 0 Å². The van der Waals surface area contributed by atoms with E-state index in [1.807, 2.05) is 0 Å². The van der Waals surface area contributed by atoms with Gasteiger partial charge >= 0.3 is 8.25 Å². The molecule has 0 aromatic rings. The van der Waals surface area contributed by atoms with E-state index in [2.05, 4.69) is 11.4 Å². The van der Waals surface area contributed by atoms with E-state index in [0.29, 0.717) is 6.61 Å². The third-order valence-corrected chi connectivity index (χ3v) is 4.48. The molecule has 1 N–H and O–H groups in total. The van der Waals surface area contributed by atoms with Gasteiger partial charge in [0.25, 0.3) is 0 Å². The van der Waals surface area contributed by atoms with E-state index < -0.39 is 8.25 Å².